The molecule has 1 saturated heterocycles. The molecule has 8 heteroatoms. The molecule has 2 N–H and O–H groups in total. The van der Waals surface area contributed by atoms with Crippen LogP contribution in [-0.2, 0) is 9.53 Å². The molecule has 1 aromatic carbocycles. The zero-order chi connectivity index (χ0) is 18.5. The molecule has 2 heterocycles. The van der Waals surface area contributed by atoms with Gasteiger partial charge in [0, 0.05) is 24.8 Å². The van der Waals surface area contributed by atoms with Crippen LogP contribution in [0.2, 0.25) is 0 Å². The standard InChI is InChI=1S/C18H25N3O5/c1-12(2)16(17(22)21-5-7-24-8-6-21)20-18(23)19-13-3-4-14-15(11-13)26-10-9-25-14/h3-4,11-12,16H,5-10H2,1-2H3,(H2,19,20,23). The highest BCUT2D eigenvalue weighted by atomic mass is 16.6. The maximum atomic E-state index is 12.7. The Morgan fingerprint density at radius 2 is 1.73 bits per heavy atom. The number of amides is 3. The van der Waals surface area contributed by atoms with Crippen molar-refractivity contribution in [2.75, 3.05) is 44.8 Å². The zero-order valence-electron chi connectivity index (χ0n) is 15.1. The highest BCUT2D eigenvalue weighted by molar-refractivity contribution is 5.94. The monoisotopic (exact) mass is 363 g/mol. The van der Waals surface area contributed by atoms with Crippen molar-refractivity contribution in [3.05, 3.63) is 18.2 Å². The molecule has 1 fully saturated rings. The van der Waals surface area contributed by atoms with Crippen LogP contribution in [-0.4, -0.2) is 62.4 Å². The van der Waals surface area contributed by atoms with Crippen molar-refractivity contribution in [2.45, 2.75) is 19.9 Å². The van der Waals surface area contributed by atoms with Crippen molar-refractivity contribution in [1.29, 1.82) is 0 Å². The molecule has 0 bridgehead atoms. The van der Waals surface area contributed by atoms with E-state index in [1.165, 1.54) is 0 Å². The van der Waals surface area contributed by atoms with Gasteiger partial charge in [-0.3, -0.25) is 4.79 Å². The first-order chi connectivity index (χ1) is 12.5. The minimum Gasteiger partial charge on any atom is -0.486 e. The van der Waals surface area contributed by atoms with Crippen LogP contribution >= 0.6 is 0 Å². The van der Waals surface area contributed by atoms with Crippen LogP contribution in [0, 0.1) is 5.92 Å². The molecule has 8 nitrogen and oxygen atoms in total. The average Bonchev–Trinajstić information content (AvgIpc) is 2.66. The van der Waals surface area contributed by atoms with Crippen LogP contribution in [0.1, 0.15) is 13.8 Å². The summed E-state index contributed by atoms with van der Waals surface area (Å²) in [4.78, 5) is 26.8. The van der Waals surface area contributed by atoms with Crippen LogP contribution in [0.3, 0.4) is 0 Å². The normalized spacial score (nSPS) is 17.6. The fourth-order valence-corrected chi connectivity index (χ4v) is 2.92. The smallest absolute Gasteiger partial charge is 0.319 e. The lowest BCUT2D eigenvalue weighted by Crippen LogP contribution is -2.54. The molecule has 0 spiro atoms. The zero-order valence-corrected chi connectivity index (χ0v) is 15.1. The molecule has 3 rings (SSSR count). The van der Waals surface area contributed by atoms with Crippen LogP contribution in [0.5, 0.6) is 11.5 Å². The Balaban J connectivity index is 1.62. The Morgan fingerprint density at radius 1 is 1.04 bits per heavy atom. The summed E-state index contributed by atoms with van der Waals surface area (Å²) >= 11 is 0. The number of ether oxygens (including phenoxy) is 3. The fraction of sp³-hybridized carbons (Fsp3) is 0.556. The van der Waals surface area contributed by atoms with Crippen LogP contribution in [0.25, 0.3) is 0 Å². The summed E-state index contributed by atoms with van der Waals surface area (Å²) in [7, 11) is 0. The molecule has 2 aliphatic rings. The van der Waals surface area contributed by atoms with E-state index >= 15 is 0 Å². The molecule has 1 unspecified atom stereocenters. The summed E-state index contributed by atoms with van der Waals surface area (Å²) in [5.41, 5.74) is 0.577. The topological polar surface area (TPSA) is 89.1 Å². The van der Waals surface area contributed by atoms with Crippen molar-refractivity contribution in [3.63, 3.8) is 0 Å². The van der Waals surface area contributed by atoms with Crippen molar-refractivity contribution in [2.24, 2.45) is 5.92 Å². The third-order valence-corrected chi connectivity index (χ3v) is 4.34. The van der Waals surface area contributed by atoms with Crippen molar-refractivity contribution in [1.82, 2.24) is 10.2 Å². The van der Waals surface area contributed by atoms with Gasteiger partial charge in [-0.25, -0.2) is 4.79 Å². The first kappa shape index (κ1) is 18.3. The van der Waals surface area contributed by atoms with E-state index < -0.39 is 12.1 Å². The van der Waals surface area contributed by atoms with Gasteiger partial charge in [0.25, 0.3) is 0 Å². The number of benzene rings is 1. The minimum absolute atomic E-state index is 0.0311. The molecule has 142 valence electrons. The second-order valence-electron chi connectivity index (χ2n) is 6.62. The summed E-state index contributed by atoms with van der Waals surface area (Å²) < 4.78 is 16.3. The Labute approximate surface area is 152 Å². The number of fused-ring (bicyclic) bond motifs is 1. The van der Waals surface area contributed by atoms with Crippen LogP contribution < -0.4 is 20.1 Å². The Morgan fingerprint density at radius 3 is 2.42 bits per heavy atom. The third kappa shape index (κ3) is 4.37. The number of hydrogen-bond acceptors (Lipinski definition) is 5. The largest absolute Gasteiger partial charge is 0.486 e. The SMILES string of the molecule is CC(C)C(NC(=O)Nc1ccc2c(c1)OCCO2)C(=O)N1CCOCC1. The molecule has 2 aliphatic heterocycles. The van der Waals surface area contributed by atoms with Crippen molar-refractivity contribution < 1.29 is 23.8 Å². The van der Waals surface area contributed by atoms with Gasteiger partial charge in [0.2, 0.25) is 5.91 Å². The average molecular weight is 363 g/mol. The Hall–Kier alpha value is -2.48. The summed E-state index contributed by atoms with van der Waals surface area (Å²) in [6.07, 6.45) is 0. The van der Waals surface area contributed by atoms with E-state index in [1.807, 2.05) is 13.8 Å². The number of urea groups is 1. The van der Waals surface area contributed by atoms with E-state index in [0.717, 1.165) is 0 Å². The Bertz CT molecular complexity index is 658. The summed E-state index contributed by atoms with van der Waals surface area (Å²) in [5.74, 6) is 1.14. The van der Waals surface area contributed by atoms with Gasteiger partial charge in [-0.1, -0.05) is 13.8 Å². The predicted octanol–water partition coefficient (Wildman–Crippen LogP) is 1.46. The second-order valence-corrected chi connectivity index (χ2v) is 6.62. The van der Waals surface area contributed by atoms with Gasteiger partial charge in [0.05, 0.1) is 13.2 Å². The number of morpholine rings is 1. The van der Waals surface area contributed by atoms with Gasteiger partial charge in [-0.2, -0.15) is 0 Å². The van der Waals surface area contributed by atoms with E-state index in [4.69, 9.17) is 14.2 Å². The van der Waals surface area contributed by atoms with E-state index in [2.05, 4.69) is 10.6 Å². The maximum absolute atomic E-state index is 12.7. The van der Waals surface area contributed by atoms with Gasteiger partial charge >= 0.3 is 6.03 Å². The van der Waals surface area contributed by atoms with Crippen molar-refractivity contribution >= 4 is 17.6 Å². The predicted molar refractivity (Wildman–Crippen MR) is 95.6 cm³/mol. The lowest BCUT2D eigenvalue weighted by atomic mass is 10.0. The number of carbonyl (C=O) groups is 2. The summed E-state index contributed by atoms with van der Waals surface area (Å²) in [6, 6.07) is 4.18. The molecule has 1 aromatic rings. The molecule has 3 amide bonds. The lowest BCUT2D eigenvalue weighted by Gasteiger charge is -2.32. The second kappa shape index (κ2) is 8.27. The third-order valence-electron chi connectivity index (χ3n) is 4.34. The van der Waals surface area contributed by atoms with Crippen LogP contribution in [0.4, 0.5) is 10.5 Å². The number of nitrogens with zero attached hydrogens (tertiary/aromatic N) is 1. The first-order valence-corrected chi connectivity index (χ1v) is 8.88. The van der Waals surface area contributed by atoms with Gasteiger partial charge in [-0.05, 0) is 18.1 Å². The molecule has 0 radical (unpaired) electrons. The summed E-state index contributed by atoms with van der Waals surface area (Å²) in [6.45, 7) is 6.97. The highest BCUT2D eigenvalue weighted by Gasteiger charge is 2.29. The summed E-state index contributed by atoms with van der Waals surface area (Å²) in [5, 5.41) is 5.54. The Kier molecular flexibility index (Phi) is 5.82. The van der Waals surface area contributed by atoms with E-state index in [-0.39, 0.29) is 11.8 Å². The number of anilines is 1. The quantitative estimate of drug-likeness (QED) is 0.845. The number of hydrogen-bond donors (Lipinski definition) is 2. The molecular weight excluding hydrogens is 338 g/mol. The highest BCUT2D eigenvalue weighted by Crippen LogP contribution is 2.32. The van der Waals surface area contributed by atoms with Gasteiger partial charge < -0.3 is 29.7 Å². The van der Waals surface area contributed by atoms with E-state index in [9.17, 15) is 9.59 Å². The number of carbonyl (C=O) groups excluding carboxylic acids is 2. The lowest BCUT2D eigenvalue weighted by molar-refractivity contribution is -0.138. The van der Waals surface area contributed by atoms with E-state index in [1.54, 1.807) is 23.1 Å². The molecule has 0 aromatic heterocycles. The van der Waals surface area contributed by atoms with Gasteiger partial charge in [0.15, 0.2) is 11.5 Å². The van der Waals surface area contributed by atoms with Crippen LogP contribution in [0.15, 0.2) is 18.2 Å². The molecule has 26 heavy (non-hydrogen) atoms. The molecule has 1 atom stereocenters. The molecule has 0 aliphatic carbocycles. The minimum atomic E-state index is -0.592. The maximum Gasteiger partial charge on any atom is 0.319 e. The molecule has 0 saturated carbocycles. The fourth-order valence-electron chi connectivity index (χ4n) is 2.92. The van der Waals surface area contributed by atoms with Gasteiger partial charge in [-0.15, -0.1) is 0 Å². The number of nitrogens with one attached hydrogen (secondary N) is 2. The first-order valence-electron chi connectivity index (χ1n) is 8.88. The van der Waals surface area contributed by atoms with Crippen molar-refractivity contribution in [3.8, 4) is 11.5 Å². The number of rotatable bonds is 4. The van der Waals surface area contributed by atoms with Gasteiger partial charge in [0.1, 0.15) is 19.3 Å². The van der Waals surface area contributed by atoms with E-state index in [0.29, 0.717) is 56.7 Å². The molecular formula is C18H25N3O5.